The van der Waals surface area contributed by atoms with E-state index in [9.17, 15) is 9.18 Å². The topological polar surface area (TPSA) is 68.0 Å². The molecular formula is C13H14FN3OS. The van der Waals surface area contributed by atoms with E-state index in [4.69, 9.17) is 5.73 Å². The lowest BCUT2D eigenvalue weighted by Gasteiger charge is -2.15. The highest BCUT2D eigenvalue weighted by atomic mass is 32.1. The fourth-order valence-electron chi connectivity index (χ4n) is 1.75. The number of primary amides is 1. The minimum Gasteiger partial charge on any atom is -0.368 e. The molecule has 0 fully saturated rings. The second-order valence-electron chi connectivity index (χ2n) is 4.32. The van der Waals surface area contributed by atoms with Gasteiger partial charge < -0.3 is 11.1 Å². The number of benzene rings is 1. The summed E-state index contributed by atoms with van der Waals surface area (Å²) in [5.74, 6) is -0.905. The Bertz CT molecular complexity index is 591. The molecule has 2 rings (SSSR count). The van der Waals surface area contributed by atoms with Crippen LogP contribution >= 0.6 is 11.3 Å². The lowest BCUT2D eigenvalue weighted by molar-refractivity contribution is -0.118. The van der Waals surface area contributed by atoms with E-state index in [1.54, 1.807) is 13.0 Å². The van der Waals surface area contributed by atoms with E-state index in [-0.39, 0.29) is 5.82 Å². The highest BCUT2D eigenvalue weighted by molar-refractivity contribution is 7.09. The van der Waals surface area contributed by atoms with Crippen LogP contribution in [0.1, 0.15) is 22.3 Å². The standard InChI is InChI=1S/C13H14FN3OS/c1-7-3-9(14)5-10(4-7)17-11(12(15)18)13-16-8(2)6-19-13/h3-6,11,17H,1-2H3,(H2,15,18). The highest BCUT2D eigenvalue weighted by Gasteiger charge is 2.21. The first-order valence-electron chi connectivity index (χ1n) is 5.71. The molecule has 0 bridgehead atoms. The summed E-state index contributed by atoms with van der Waals surface area (Å²) in [6, 6.07) is 3.74. The number of nitrogens with two attached hydrogens (primary N) is 1. The molecule has 0 radical (unpaired) electrons. The molecule has 19 heavy (non-hydrogen) atoms. The molecule has 0 saturated heterocycles. The van der Waals surface area contributed by atoms with Crippen molar-refractivity contribution in [1.82, 2.24) is 4.98 Å². The van der Waals surface area contributed by atoms with Gasteiger partial charge in [0.15, 0.2) is 6.04 Å². The van der Waals surface area contributed by atoms with Gasteiger partial charge in [-0.15, -0.1) is 11.3 Å². The Hall–Kier alpha value is -1.95. The van der Waals surface area contributed by atoms with Gasteiger partial charge in [-0.25, -0.2) is 9.37 Å². The van der Waals surface area contributed by atoms with Gasteiger partial charge in [-0.05, 0) is 37.6 Å². The number of hydrogen-bond acceptors (Lipinski definition) is 4. The van der Waals surface area contributed by atoms with Gasteiger partial charge in [0.05, 0.1) is 0 Å². The summed E-state index contributed by atoms with van der Waals surface area (Å²) >= 11 is 1.35. The molecule has 0 aliphatic carbocycles. The molecular weight excluding hydrogens is 265 g/mol. The van der Waals surface area contributed by atoms with Crippen LogP contribution in [-0.4, -0.2) is 10.9 Å². The van der Waals surface area contributed by atoms with Crippen LogP contribution < -0.4 is 11.1 Å². The highest BCUT2D eigenvalue weighted by Crippen LogP contribution is 2.23. The third-order valence-corrected chi connectivity index (χ3v) is 3.55. The molecule has 2 aromatic rings. The van der Waals surface area contributed by atoms with E-state index in [1.165, 1.54) is 23.5 Å². The van der Waals surface area contributed by atoms with Crippen LogP contribution in [0, 0.1) is 19.7 Å². The zero-order chi connectivity index (χ0) is 14.0. The molecule has 1 heterocycles. The number of amides is 1. The number of rotatable bonds is 4. The number of hydrogen-bond donors (Lipinski definition) is 2. The van der Waals surface area contributed by atoms with Crippen molar-refractivity contribution in [2.75, 3.05) is 5.32 Å². The number of carbonyl (C=O) groups is 1. The number of carbonyl (C=O) groups excluding carboxylic acids is 1. The molecule has 0 spiro atoms. The maximum Gasteiger partial charge on any atom is 0.247 e. The maximum absolute atomic E-state index is 13.3. The van der Waals surface area contributed by atoms with Crippen molar-refractivity contribution in [1.29, 1.82) is 0 Å². The molecule has 1 aromatic heterocycles. The smallest absolute Gasteiger partial charge is 0.247 e. The first kappa shape index (κ1) is 13.5. The van der Waals surface area contributed by atoms with Gasteiger partial charge in [0, 0.05) is 16.8 Å². The van der Waals surface area contributed by atoms with Gasteiger partial charge in [-0.2, -0.15) is 0 Å². The third kappa shape index (κ3) is 3.29. The lowest BCUT2D eigenvalue weighted by atomic mass is 10.2. The van der Waals surface area contributed by atoms with Crippen LogP contribution in [0.4, 0.5) is 10.1 Å². The Labute approximate surface area is 114 Å². The first-order chi connectivity index (χ1) is 8.95. The summed E-state index contributed by atoms with van der Waals surface area (Å²) < 4.78 is 13.3. The van der Waals surface area contributed by atoms with Crippen LogP contribution in [0.15, 0.2) is 23.6 Å². The average Bonchev–Trinajstić information content (AvgIpc) is 2.70. The molecule has 0 aliphatic rings. The molecule has 0 aliphatic heterocycles. The molecule has 0 saturated carbocycles. The molecule has 1 aromatic carbocycles. The SMILES string of the molecule is Cc1cc(F)cc(NC(C(N)=O)c2nc(C)cs2)c1. The fraction of sp³-hybridized carbons (Fsp3) is 0.231. The predicted octanol–water partition coefficient (Wildman–Crippen LogP) is 2.54. The molecule has 3 N–H and O–H groups in total. The third-order valence-electron chi connectivity index (χ3n) is 2.52. The number of aryl methyl sites for hydroxylation is 2. The van der Waals surface area contributed by atoms with Crippen molar-refractivity contribution in [3.8, 4) is 0 Å². The zero-order valence-electron chi connectivity index (χ0n) is 10.6. The zero-order valence-corrected chi connectivity index (χ0v) is 11.4. The number of nitrogens with zero attached hydrogens (tertiary/aromatic N) is 1. The van der Waals surface area contributed by atoms with Crippen LogP contribution in [-0.2, 0) is 4.79 Å². The van der Waals surface area contributed by atoms with Crippen molar-refractivity contribution >= 4 is 22.9 Å². The first-order valence-corrected chi connectivity index (χ1v) is 6.59. The second-order valence-corrected chi connectivity index (χ2v) is 5.21. The van der Waals surface area contributed by atoms with Crippen molar-refractivity contribution in [3.63, 3.8) is 0 Å². The van der Waals surface area contributed by atoms with E-state index in [0.29, 0.717) is 10.7 Å². The van der Waals surface area contributed by atoms with Gasteiger partial charge in [0.25, 0.3) is 0 Å². The van der Waals surface area contributed by atoms with Crippen molar-refractivity contribution in [3.05, 3.63) is 45.7 Å². The van der Waals surface area contributed by atoms with E-state index < -0.39 is 11.9 Å². The van der Waals surface area contributed by atoms with E-state index in [1.807, 2.05) is 12.3 Å². The number of nitrogens with one attached hydrogen (secondary N) is 1. The normalized spacial score (nSPS) is 12.2. The van der Waals surface area contributed by atoms with Crippen LogP contribution in [0.5, 0.6) is 0 Å². The number of aromatic nitrogens is 1. The second kappa shape index (κ2) is 5.36. The monoisotopic (exact) mass is 279 g/mol. The van der Waals surface area contributed by atoms with Gasteiger partial charge >= 0.3 is 0 Å². The largest absolute Gasteiger partial charge is 0.368 e. The van der Waals surface area contributed by atoms with Gasteiger partial charge in [-0.1, -0.05) is 0 Å². The average molecular weight is 279 g/mol. The fourth-order valence-corrected chi connectivity index (χ4v) is 2.60. The summed E-state index contributed by atoms with van der Waals surface area (Å²) in [4.78, 5) is 15.8. The summed E-state index contributed by atoms with van der Waals surface area (Å²) in [7, 11) is 0. The Morgan fingerprint density at radius 3 is 2.68 bits per heavy atom. The molecule has 1 unspecified atom stereocenters. The molecule has 6 heteroatoms. The van der Waals surface area contributed by atoms with Gasteiger partial charge in [-0.3, -0.25) is 4.79 Å². The van der Waals surface area contributed by atoms with E-state index in [2.05, 4.69) is 10.3 Å². The number of anilines is 1. The van der Waals surface area contributed by atoms with Crippen LogP contribution in [0.25, 0.3) is 0 Å². The van der Waals surface area contributed by atoms with Crippen LogP contribution in [0.3, 0.4) is 0 Å². The van der Waals surface area contributed by atoms with Gasteiger partial charge in [0.2, 0.25) is 5.91 Å². The van der Waals surface area contributed by atoms with E-state index in [0.717, 1.165) is 11.3 Å². The van der Waals surface area contributed by atoms with Crippen molar-refractivity contribution in [2.24, 2.45) is 5.73 Å². The Balaban J connectivity index is 2.29. The van der Waals surface area contributed by atoms with Gasteiger partial charge in [0.1, 0.15) is 10.8 Å². The molecule has 4 nitrogen and oxygen atoms in total. The van der Waals surface area contributed by atoms with Crippen molar-refractivity contribution in [2.45, 2.75) is 19.9 Å². The Morgan fingerprint density at radius 2 is 2.16 bits per heavy atom. The predicted molar refractivity (Wildman–Crippen MR) is 73.5 cm³/mol. The minimum absolute atomic E-state index is 0.360. The molecule has 1 atom stereocenters. The quantitative estimate of drug-likeness (QED) is 0.903. The van der Waals surface area contributed by atoms with E-state index >= 15 is 0 Å². The van der Waals surface area contributed by atoms with Crippen molar-refractivity contribution < 1.29 is 9.18 Å². The summed E-state index contributed by atoms with van der Waals surface area (Å²) in [6.45, 7) is 3.62. The van der Waals surface area contributed by atoms with Crippen LogP contribution in [0.2, 0.25) is 0 Å². The Kier molecular flexibility index (Phi) is 3.80. The molecule has 1 amide bonds. The summed E-state index contributed by atoms with van der Waals surface area (Å²) in [5, 5.41) is 5.34. The summed E-state index contributed by atoms with van der Waals surface area (Å²) in [6.07, 6.45) is 0. The number of thiazole rings is 1. The summed E-state index contributed by atoms with van der Waals surface area (Å²) in [5.41, 5.74) is 7.47. The minimum atomic E-state index is -0.750. The Morgan fingerprint density at radius 1 is 1.42 bits per heavy atom. The lowest BCUT2D eigenvalue weighted by Crippen LogP contribution is -2.27. The molecule has 100 valence electrons. The number of halogens is 1. The maximum atomic E-state index is 13.3.